The van der Waals surface area contributed by atoms with Gasteiger partial charge in [-0.2, -0.15) is 0 Å². The molecule has 0 aliphatic heterocycles. The van der Waals surface area contributed by atoms with Gasteiger partial charge in [-0.1, -0.05) is 189 Å². The average molecular weight is 1010 g/mol. The van der Waals surface area contributed by atoms with Gasteiger partial charge in [0.1, 0.15) is 11.2 Å². The highest BCUT2D eigenvalue weighted by Gasteiger charge is 2.25. The third-order valence-electron chi connectivity index (χ3n) is 16.4. The van der Waals surface area contributed by atoms with Crippen LogP contribution in [0.1, 0.15) is 34.9 Å². The van der Waals surface area contributed by atoms with Gasteiger partial charge < -0.3 is 18.1 Å². The molecule has 16 rings (SSSR count). The van der Waals surface area contributed by atoms with E-state index < -0.39 is 0 Å². The van der Waals surface area contributed by atoms with Gasteiger partial charge in [0.05, 0.1) is 39.0 Å². The predicted octanol–water partition coefficient (Wildman–Crippen LogP) is 20.3. The Labute approximate surface area is 458 Å². The molecule has 79 heavy (non-hydrogen) atoms. The molecule has 1 aliphatic rings. The first-order chi connectivity index (χ1) is 39.0. The van der Waals surface area contributed by atoms with Gasteiger partial charge in [-0.25, -0.2) is 0 Å². The zero-order valence-corrected chi connectivity index (χ0v) is 44.0. The third kappa shape index (κ3) is 7.29. The monoisotopic (exact) mass is 1010 g/mol. The molecule has 11 aromatic carbocycles. The Morgan fingerprint density at radius 2 is 0.962 bits per heavy atom. The second-order valence-electron chi connectivity index (χ2n) is 20.8. The maximum Gasteiger partial charge on any atom is 0.143 e. The van der Waals surface area contributed by atoms with Crippen LogP contribution in [0.5, 0.6) is 0 Å². The number of aryl methyl sites for hydroxylation is 1. The van der Waals surface area contributed by atoms with Crippen LogP contribution in [0.2, 0.25) is 0 Å². The largest absolute Gasteiger partial charge is 0.455 e. The summed E-state index contributed by atoms with van der Waals surface area (Å²) in [6.07, 6.45) is 7.10. The molecule has 15 aromatic rings. The lowest BCUT2D eigenvalue weighted by Crippen LogP contribution is -1.99. The predicted molar refractivity (Wildman–Crippen MR) is 334 cm³/mol. The minimum Gasteiger partial charge on any atom is -0.455 e. The zero-order valence-electron chi connectivity index (χ0n) is 44.0. The summed E-state index contributed by atoms with van der Waals surface area (Å²) in [6, 6.07) is 87.7. The molecule has 0 atom stereocenters. The molecule has 0 unspecified atom stereocenters. The van der Waals surface area contributed by atoms with Crippen LogP contribution in [-0.2, 0) is 6.42 Å². The topological polar surface area (TPSA) is 27.9 Å². The number of aromatic nitrogens is 3. The summed E-state index contributed by atoms with van der Waals surface area (Å²) in [7, 11) is 0. The van der Waals surface area contributed by atoms with Crippen LogP contribution in [0, 0.1) is 6.92 Å². The van der Waals surface area contributed by atoms with Gasteiger partial charge in [0.25, 0.3) is 0 Å². The van der Waals surface area contributed by atoms with Crippen molar-refractivity contribution in [3.05, 3.63) is 283 Å². The van der Waals surface area contributed by atoms with Crippen LogP contribution in [-0.4, -0.2) is 13.7 Å². The standard InChI is InChI=1S/C55H34N2O.C20H19N/c1-5-21-49-41(14-1)42-15-2-6-22-50(42)56(49)38-13-9-12-36(30-38)39-18-10-20-45-48-32-35(28-29-54(48)58-55(39)45)34-26-27-37-33-47-40(46(37)31-34)19-11-25-53(47)57-51-23-7-3-16-43(51)44-17-4-8-24-52(44)57;1-4-10-16-17-12-7-9-14-20(17)21(18(16)5-2)19-13-8-6-11-15(19)3/h1-32H,33H2;4-14H,2H2,1,3H3/b;10-4-. The van der Waals surface area contributed by atoms with Crippen LogP contribution in [0.15, 0.2) is 260 Å². The molecule has 0 saturated heterocycles. The Bertz CT molecular complexity index is 4880. The van der Waals surface area contributed by atoms with Crippen molar-refractivity contribution in [2.75, 3.05) is 0 Å². The van der Waals surface area contributed by atoms with Crippen LogP contribution in [0.4, 0.5) is 0 Å². The van der Waals surface area contributed by atoms with Gasteiger partial charge in [-0.15, -0.1) is 0 Å². The van der Waals surface area contributed by atoms with Crippen molar-refractivity contribution in [3.8, 4) is 50.4 Å². The highest BCUT2D eigenvalue weighted by molar-refractivity contribution is 6.12. The lowest BCUT2D eigenvalue weighted by atomic mass is 9.97. The van der Waals surface area contributed by atoms with E-state index in [4.69, 9.17) is 4.42 Å². The van der Waals surface area contributed by atoms with Gasteiger partial charge in [-0.05, 0) is 137 Å². The molecule has 4 nitrogen and oxygen atoms in total. The summed E-state index contributed by atoms with van der Waals surface area (Å²) in [5.74, 6) is 0. The van der Waals surface area contributed by atoms with E-state index in [0.717, 1.165) is 50.9 Å². The molecule has 4 heteroatoms. The number of nitrogens with zero attached hydrogens (tertiary/aromatic N) is 3. The van der Waals surface area contributed by atoms with E-state index in [2.05, 4.69) is 282 Å². The summed E-state index contributed by atoms with van der Waals surface area (Å²) >= 11 is 0. The summed E-state index contributed by atoms with van der Waals surface area (Å²) in [5, 5.41) is 8.60. The maximum atomic E-state index is 6.72. The second kappa shape index (κ2) is 18.5. The molecule has 0 fully saturated rings. The molecular formula is C75H53N3O. The number of para-hydroxylation sites is 7. The molecule has 0 bridgehead atoms. The van der Waals surface area contributed by atoms with Crippen molar-refractivity contribution < 1.29 is 4.42 Å². The molecule has 4 heterocycles. The minimum absolute atomic E-state index is 0.895. The number of rotatable bonds is 7. The summed E-state index contributed by atoms with van der Waals surface area (Å²) in [4.78, 5) is 0. The molecule has 1 aliphatic carbocycles. The van der Waals surface area contributed by atoms with Crippen LogP contribution in [0.3, 0.4) is 0 Å². The molecule has 4 aromatic heterocycles. The van der Waals surface area contributed by atoms with E-state index in [9.17, 15) is 0 Å². The van der Waals surface area contributed by atoms with E-state index in [1.807, 2.05) is 13.0 Å². The number of benzene rings is 11. The third-order valence-corrected chi connectivity index (χ3v) is 16.4. The average Bonchev–Trinajstić information content (AvgIpc) is 4.52. The van der Waals surface area contributed by atoms with Crippen molar-refractivity contribution in [3.63, 3.8) is 0 Å². The van der Waals surface area contributed by atoms with Crippen molar-refractivity contribution >= 4 is 88.6 Å². The van der Waals surface area contributed by atoms with Gasteiger partial charge in [0.2, 0.25) is 0 Å². The molecule has 0 amide bonds. The summed E-state index contributed by atoms with van der Waals surface area (Å²) < 4.78 is 13.9. The summed E-state index contributed by atoms with van der Waals surface area (Å²) in [6.45, 7) is 8.22. The smallest absolute Gasteiger partial charge is 0.143 e. The quantitative estimate of drug-likeness (QED) is 0.156. The Balaban J connectivity index is 0.000000217. The first kappa shape index (κ1) is 46.2. The number of furan rings is 1. The maximum absolute atomic E-state index is 6.72. The Kier molecular flexibility index (Phi) is 10.8. The van der Waals surface area contributed by atoms with Gasteiger partial charge in [0, 0.05) is 66.6 Å². The Hall–Kier alpha value is -10.2. The van der Waals surface area contributed by atoms with Crippen LogP contribution < -0.4 is 0 Å². The number of hydrogen-bond acceptors (Lipinski definition) is 1. The van der Waals surface area contributed by atoms with E-state index in [-0.39, 0.29) is 0 Å². The van der Waals surface area contributed by atoms with Gasteiger partial charge in [-0.3, -0.25) is 0 Å². The molecule has 0 saturated carbocycles. The van der Waals surface area contributed by atoms with Crippen molar-refractivity contribution in [1.29, 1.82) is 0 Å². The van der Waals surface area contributed by atoms with Gasteiger partial charge in [0.15, 0.2) is 0 Å². The molecular weight excluding hydrogens is 959 g/mol. The SMILES string of the molecule is C=Cc1c(/C=C\C)c2ccccc2n1-c1ccccc1C.c1cc(-c2cccc3c2oc2ccc(-c4ccc5c(c4)-c4cccc(-n6c7ccccc7c7ccccc76)c4C5)cc23)cc(-n2c3ccccc3c3ccccc32)c1. The number of allylic oxidation sites excluding steroid dienone is 1. The van der Waals surface area contributed by atoms with Crippen LogP contribution >= 0.6 is 0 Å². The first-order valence-electron chi connectivity index (χ1n) is 27.3. The Morgan fingerprint density at radius 3 is 1.63 bits per heavy atom. The summed E-state index contributed by atoms with van der Waals surface area (Å²) in [5.41, 5.74) is 25.1. The first-order valence-corrected chi connectivity index (χ1v) is 27.3. The fourth-order valence-electron chi connectivity index (χ4n) is 12.9. The van der Waals surface area contributed by atoms with E-state index in [1.165, 1.54) is 110 Å². The molecule has 0 radical (unpaired) electrons. The lowest BCUT2D eigenvalue weighted by Gasteiger charge is -2.13. The van der Waals surface area contributed by atoms with Gasteiger partial charge >= 0.3 is 0 Å². The van der Waals surface area contributed by atoms with Crippen molar-refractivity contribution in [2.24, 2.45) is 0 Å². The highest BCUT2D eigenvalue weighted by Crippen LogP contribution is 2.45. The highest BCUT2D eigenvalue weighted by atomic mass is 16.3. The second-order valence-corrected chi connectivity index (χ2v) is 20.8. The van der Waals surface area contributed by atoms with Crippen molar-refractivity contribution in [1.82, 2.24) is 13.7 Å². The lowest BCUT2D eigenvalue weighted by molar-refractivity contribution is 0.670. The molecule has 0 N–H and O–H groups in total. The van der Waals surface area contributed by atoms with E-state index >= 15 is 0 Å². The van der Waals surface area contributed by atoms with Crippen molar-refractivity contribution in [2.45, 2.75) is 20.3 Å². The van der Waals surface area contributed by atoms with Crippen LogP contribution in [0.25, 0.3) is 139 Å². The van der Waals surface area contributed by atoms with E-state index in [1.54, 1.807) is 0 Å². The minimum atomic E-state index is 0.895. The van der Waals surface area contributed by atoms with E-state index in [0.29, 0.717) is 0 Å². The molecule has 0 spiro atoms. The normalized spacial score (nSPS) is 12.1. The number of hydrogen-bond donors (Lipinski definition) is 0. The Morgan fingerprint density at radius 1 is 0.418 bits per heavy atom. The number of fused-ring (bicyclic) bond motifs is 13. The fraction of sp³-hybridized carbons (Fsp3) is 0.0400. The fourth-order valence-corrected chi connectivity index (χ4v) is 12.9. The zero-order chi connectivity index (χ0) is 52.7. The molecule has 374 valence electrons.